The highest BCUT2D eigenvalue weighted by Crippen LogP contribution is 2.40. The molecule has 0 aliphatic carbocycles. The first-order valence-electron chi connectivity index (χ1n) is 11.0. The molecule has 0 saturated heterocycles. The van der Waals surface area contributed by atoms with Gasteiger partial charge in [0.2, 0.25) is 0 Å². The first-order chi connectivity index (χ1) is 14.4. The molecule has 154 valence electrons. The standard InChI is InChI=1S/C30H34/c1-8-20(3)29(21(4)9-2)27-18-26(25-16-11-10-12-17-25)19-28(24(27)7)30-22(5)14-13-15-23(30)6/h8,10-19H,9H2,1-7H3/b20-8-,29-21+. The highest BCUT2D eigenvalue weighted by molar-refractivity contribution is 5.90. The van der Waals surface area contributed by atoms with E-state index in [0.29, 0.717) is 0 Å². The Morgan fingerprint density at radius 3 is 2.00 bits per heavy atom. The Morgan fingerprint density at radius 1 is 0.800 bits per heavy atom. The normalized spacial score (nSPS) is 12.7. The molecule has 0 atom stereocenters. The van der Waals surface area contributed by atoms with Crippen molar-refractivity contribution in [1.82, 2.24) is 0 Å². The molecule has 0 bridgehead atoms. The van der Waals surface area contributed by atoms with Crippen LogP contribution in [0.2, 0.25) is 0 Å². The molecule has 0 aromatic heterocycles. The second-order valence-corrected chi connectivity index (χ2v) is 8.31. The minimum Gasteiger partial charge on any atom is -0.0841 e. The van der Waals surface area contributed by atoms with Crippen molar-refractivity contribution in [3.05, 3.63) is 100 Å². The SMILES string of the molecule is C/C=C(C)\C(=C(\C)CC)c1cc(-c2ccccc2)cc(-c2c(C)cccc2C)c1C. The summed E-state index contributed by atoms with van der Waals surface area (Å²) in [6.07, 6.45) is 3.29. The van der Waals surface area contributed by atoms with Gasteiger partial charge in [0.05, 0.1) is 0 Å². The molecule has 0 unspecified atom stereocenters. The van der Waals surface area contributed by atoms with Gasteiger partial charge < -0.3 is 0 Å². The lowest BCUT2D eigenvalue weighted by Crippen LogP contribution is -2.00. The molecule has 0 heteroatoms. The van der Waals surface area contributed by atoms with E-state index in [4.69, 9.17) is 0 Å². The molecule has 0 radical (unpaired) electrons. The lowest BCUT2D eigenvalue weighted by molar-refractivity contribution is 1.10. The van der Waals surface area contributed by atoms with E-state index in [1.165, 1.54) is 61.2 Å². The summed E-state index contributed by atoms with van der Waals surface area (Å²) in [7, 11) is 0. The molecule has 0 N–H and O–H groups in total. The number of hydrogen-bond donors (Lipinski definition) is 0. The van der Waals surface area contributed by atoms with Crippen molar-refractivity contribution in [2.75, 3.05) is 0 Å². The zero-order valence-electron chi connectivity index (χ0n) is 19.6. The van der Waals surface area contributed by atoms with Crippen molar-refractivity contribution in [3.63, 3.8) is 0 Å². The average Bonchev–Trinajstić information content (AvgIpc) is 2.76. The zero-order valence-corrected chi connectivity index (χ0v) is 19.6. The van der Waals surface area contributed by atoms with E-state index in [-0.39, 0.29) is 0 Å². The van der Waals surface area contributed by atoms with E-state index in [1.807, 2.05) is 0 Å². The molecule has 0 fully saturated rings. The zero-order chi connectivity index (χ0) is 21.8. The van der Waals surface area contributed by atoms with Gasteiger partial charge in [0.25, 0.3) is 0 Å². The van der Waals surface area contributed by atoms with Crippen LogP contribution in [0.1, 0.15) is 56.4 Å². The van der Waals surface area contributed by atoms with Gasteiger partial charge in [-0.2, -0.15) is 0 Å². The molecule has 3 aromatic carbocycles. The van der Waals surface area contributed by atoms with Crippen molar-refractivity contribution >= 4 is 5.57 Å². The van der Waals surface area contributed by atoms with Gasteiger partial charge in [-0.1, -0.05) is 67.1 Å². The highest BCUT2D eigenvalue weighted by Gasteiger charge is 2.18. The number of aryl methyl sites for hydroxylation is 2. The van der Waals surface area contributed by atoms with Crippen LogP contribution in [-0.4, -0.2) is 0 Å². The van der Waals surface area contributed by atoms with Crippen LogP contribution >= 0.6 is 0 Å². The second-order valence-electron chi connectivity index (χ2n) is 8.31. The Bertz CT molecular complexity index is 1090. The summed E-state index contributed by atoms with van der Waals surface area (Å²) in [6, 6.07) is 22.1. The first kappa shape index (κ1) is 21.8. The van der Waals surface area contributed by atoms with E-state index >= 15 is 0 Å². The van der Waals surface area contributed by atoms with Crippen LogP contribution in [0, 0.1) is 20.8 Å². The average molecular weight is 395 g/mol. The van der Waals surface area contributed by atoms with E-state index in [0.717, 1.165) is 6.42 Å². The van der Waals surface area contributed by atoms with Gasteiger partial charge in [-0.05, 0) is 116 Å². The van der Waals surface area contributed by atoms with Crippen molar-refractivity contribution in [2.24, 2.45) is 0 Å². The Morgan fingerprint density at radius 2 is 1.43 bits per heavy atom. The maximum atomic E-state index is 2.39. The molecule has 30 heavy (non-hydrogen) atoms. The monoisotopic (exact) mass is 394 g/mol. The Labute approximate surface area is 183 Å². The lowest BCUT2D eigenvalue weighted by atomic mass is 9.82. The van der Waals surface area contributed by atoms with Gasteiger partial charge in [0.1, 0.15) is 0 Å². The predicted octanol–water partition coefficient (Wildman–Crippen LogP) is 9.10. The van der Waals surface area contributed by atoms with Crippen LogP contribution in [0.5, 0.6) is 0 Å². The fourth-order valence-electron chi connectivity index (χ4n) is 4.37. The van der Waals surface area contributed by atoms with Gasteiger partial charge in [0, 0.05) is 0 Å². The Hall–Kier alpha value is -2.86. The van der Waals surface area contributed by atoms with Crippen LogP contribution < -0.4 is 0 Å². The van der Waals surface area contributed by atoms with E-state index in [9.17, 15) is 0 Å². The third-order valence-corrected chi connectivity index (χ3v) is 6.32. The predicted molar refractivity (Wildman–Crippen MR) is 134 cm³/mol. The summed E-state index contributed by atoms with van der Waals surface area (Å²) >= 11 is 0. The molecular weight excluding hydrogens is 360 g/mol. The topological polar surface area (TPSA) is 0 Å². The van der Waals surface area contributed by atoms with Crippen LogP contribution in [0.25, 0.3) is 27.8 Å². The molecule has 0 amide bonds. The van der Waals surface area contributed by atoms with Crippen molar-refractivity contribution in [3.8, 4) is 22.3 Å². The smallest absolute Gasteiger partial charge is 0.0122 e. The largest absolute Gasteiger partial charge is 0.0841 e. The number of hydrogen-bond acceptors (Lipinski definition) is 0. The Kier molecular flexibility index (Phi) is 6.77. The van der Waals surface area contributed by atoms with Crippen LogP contribution in [0.4, 0.5) is 0 Å². The summed E-state index contributed by atoms with van der Waals surface area (Å²) < 4.78 is 0. The second kappa shape index (κ2) is 9.30. The first-order valence-corrected chi connectivity index (χ1v) is 11.0. The van der Waals surface area contributed by atoms with Crippen LogP contribution in [0.3, 0.4) is 0 Å². The lowest BCUT2D eigenvalue weighted by Gasteiger charge is -2.22. The van der Waals surface area contributed by atoms with E-state index < -0.39 is 0 Å². The molecule has 3 aromatic rings. The fraction of sp³-hybridized carbons (Fsp3) is 0.267. The minimum absolute atomic E-state index is 1.05. The van der Waals surface area contributed by atoms with Gasteiger partial charge in [-0.15, -0.1) is 0 Å². The molecule has 0 aliphatic rings. The summed E-state index contributed by atoms with van der Waals surface area (Å²) in [5.74, 6) is 0. The van der Waals surface area contributed by atoms with Gasteiger partial charge in [-0.25, -0.2) is 0 Å². The highest BCUT2D eigenvalue weighted by atomic mass is 14.2. The summed E-state index contributed by atoms with van der Waals surface area (Å²) in [5, 5.41) is 0. The third-order valence-electron chi connectivity index (χ3n) is 6.32. The number of allylic oxidation sites excluding steroid dienone is 4. The summed E-state index contributed by atoms with van der Waals surface area (Å²) in [4.78, 5) is 0. The molecule has 3 rings (SSSR count). The van der Waals surface area contributed by atoms with Gasteiger partial charge in [0.15, 0.2) is 0 Å². The van der Waals surface area contributed by atoms with E-state index in [1.54, 1.807) is 0 Å². The molecule has 0 spiro atoms. The molecular formula is C30H34. The van der Waals surface area contributed by atoms with Crippen molar-refractivity contribution in [2.45, 2.75) is 54.9 Å². The van der Waals surface area contributed by atoms with Crippen LogP contribution in [0.15, 0.2) is 77.9 Å². The summed E-state index contributed by atoms with van der Waals surface area (Å²) in [5.41, 5.74) is 14.8. The number of rotatable bonds is 5. The number of benzene rings is 3. The van der Waals surface area contributed by atoms with Crippen molar-refractivity contribution < 1.29 is 0 Å². The molecule has 0 nitrogen and oxygen atoms in total. The van der Waals surface area contributed by atoms with Gasteiger partial charge in [-0.3, -0.25) is 0 Å². The minimum atomic E-state index is 1.05. The maximum absolute atomic E-state index is 2.39. The maximum Gasteiger partial charge on any atom is -0.0122 e. The Balaban J connectivity index is 2.44. The van der Waals surface area contributed by atoms with Gasteiger partial charge >= 0.3 is 0 Å². The van der Waals surface area contributed by atoms with Crippen LogP contribution in [-0.2, 0) is 0 Å². The summed E-state index contributed by atoms with van der Waals surface area (Å²) in [6.45, 7) is 15.6. The quantitative estimate of drug-likeness (QED) is 0.378. The van der Waals surface area contributed by atoms with E-state index in [2.05, 4.69) is 115 Å². The molecule has 0 saturated carbocycles. The molecule has 0 heterocycles. The third kappa shape index (κ3) is 4.19. The fourth-order valence-corrected chi connectivity index (χ4v) is 4.37. The molecule has 0 aliphatic heterocycles. The van der Waals surface area contributed by atoms with Crippen molar-refractivity contribution in [1.29, 1.82) is 0 Å².